The maximum absolute atomic E-state index is 11.5. The van der Waals surface area contributed by atoms with Crippen LogP contribution in [0.15, 0.2) is 5.16 Å². The molecule has 3 aliphatic rings. The molecule has 3 atom stereocenters. The van der Waals surface area contributed by atoms with Crippen molar-refractivity contribution in [3.63, 3.8) is 0 Å². The molecule has 0 heterocycles. The van der Waals surface area contributed by atoms with Crippen LogP contribution in [0.3, 0.4) is 0 Å². The van der Waals surface area contributed by atoms with Crippen LogP contribution in [0.25, 0.3) is 0 Å². The Morgan fingerprint density at radius 2 is 2.05 bits per heavy atom. The zero-order valence-electron chi connectivity index (χ0n) is 11.6. The Kier molecular flexibility index (Phi) is 3.50. The molecule has 0 radical (unpaired) electrons. The Bertz CT molecular complexity index is 394. The quantitative estimate of drug-likeness (QED) is 0.629. The van der Waals surface area contributed by atoms with Crippen molar-refractivity contribution in [1.29, 1.82) is 0 Å². The number of amides is 1. The van der Waals surface area contributed by atoms with Crippen molar-refractivity contribution in [2.45, 2.75) is 69.8 Å². The first-order valence-corrected chi connectivity index (χ1v) is 7.75. The van der Waals surface area contributed by atoms with E-state index in [9.17, 15) is 4.79 Å². The van der Waals surface area contributed by atoms with Gasteiger partial charge in [0.25, 0.3) is 0 Å². The molecule has 19 heavy (non-hydrogen) atoms. The molecule has 1 amide bonds. The van der Waals surface area contributed by atoms with Crippen molar-refractivity contribution < 1.29 is 9.63 Å². The second-order valence-electron chi connectivity index (χ2n) is 6.44. The zero-order chi connectivity index (χ0) is 13.3. The van der Waals surface area contributed by atoms with Crippen molar-refractivity contribution in [2.75, 3.05) is 0 Å². The molecule has 2 N–H and O–H groups in total. The number of nitrogens with zero attached hydrogens (tertiary/aromatic N) is 1. The molecule has 0 saturated heterocycles. The van der Waals surface area contributed by atoms with Crippen LogP contribution in [0.1, 0.15) is 64.2 Å². The van der Waals surface area contributed by atoms with Crippen LogP contribution in [0.2, 0.25) is 0 Å². The molecular formula is C15H24N2O2. The van der Waals surface area contributed by atoms with Crippen molar-refractivity contribution in [3.05, 3.63) is 0 Å². The van der Waals surface area contributed by atoms with E-state index in [1.165, 1.54) is 19.3 Å². The number of carbonyl (C=O) groups excluding carboxylic acids is 1. The van der Waals surface area contributed by atoms with Gasteiger partial charge in [-0.15, -0.1) is 0 Å². The van der Waals surface area contributed by atoms with Gasteiger partial charge in [-0.2, -0.15) is 0 Å². The summed E-state index contributed by atoms with van der Waals surface area (Å²) >= 11 is 0. The van der Waals surface area contributed by atoms with Crippen molar-refractivity contribution in [3.8, 4) is 0 Å². The Labute approximate surface area is 114 Å². The van der Waals surface area contributed by atoms with E-state index in [4.69, 9.17) is 10.6 Å². The Morgan fingerprint density at radius 1 is 1.21 bits per heavy atom. The highest BCUT2D eigenvalue weighted by molar-refractivity contribution is 6.03. The minimum Gasteiger partial charge on any atom is -0.389 e. The molecule has 0 aromatic heterocycles. The van der Waals surface area contributed by atoms with Crippen LogP contribution >= 0.6 is 0 Å². The number of fused-ring (bicyclic) bond motifs is 1. The maximum atomic E-state index is 11.5. The lowest BCUT2D eigenvalue weighted by Crippen LogP contribution is -2.30. The molecule has 3 unspecified atom stereocenters. The Morgan fingerprint density at radius 3 is 2.84 bits per heavy atom. The lowest BCUT2D eigenvalue weighted by Gasteiger charge is -2.21. The van der Waals surface area contributed by atoms with Crippen LogP contribution in [0, 0.1) is 11.8 Å². The topological polar surface area (TPSA) is 64.7 Å². The predicted molar refractivity (Wildman–Crippen MR) is 73.6 cm³/mol. The fourth-order valence-corrected chi connectivity index (χ4v) is 3.74. The molecule has 0 aliphatic heterocycles. The standard InChI is InChI=1S/C15H24N2O2/c16-14(18)12-7-2-1-3-8-13(12)17-19-15-9-5-4-6-11(15)10-15/h11-12H,1-10H2,(H2,16,18). The second kappa shape index (κ2) is 5.14. The number of carbonyl (C=O) groups is 1. The van der Waals surface area contributed by atoms with Gasteiger partial charge in [-0.3, -0.25) is 4.79 Å². The third kappa shape index (κ3) is 2.63. The average Bonchev–Trinajstić information content (AvgIpc) is 3.16. The van der Waals surface area contributed by atoms with E-state index in [1.54, 1.807) is 0 Å². The SMILES string of the molecule is NC(=O)C1CCCCCC1=NOC12CCCCC1C2. The summed E-state index contributed by atoms with van der Waals surface area (Å²) in [4.78, 5) is 17.4. The first-order valence-electron chi connectivity index (χ1n) is 7.75. The fraction of sp³-hybridized carbons (Fsp3) is 0.867. The average molecular weight is 264 g/mol. The minimum atomic E-state index is -0.238. The van der Waals surface area contributed by atoms with Gasteiger partial charge in [-0.1, -0.05) is 24.4 Å². The van der Waals surface area contributed by atoms with Crippen LogP contribution < -0.4 is 5.73 Å². The zero-order valence-corrected chi connectivity index (χ0v) is 11.6. The number of oxime groups is 1. The van der Waals surface area contributed by atoms with E-state index >= 15 is 0 Å². The largest absolute Gasteiger partial charge is 0.389 e. The molecule has 4 nitrogen and oxygen atoms in total. The fourth-order valence-electron chi connectivity index (χ4n) is 3.74. The van der Waals surface area contributed by atoms with Gasteiger partial charge in [0.2, 0.25) is 5.91 Å². The Hall–Kier alpha value is -1.06. The molecule has 3 fully saturated rings. The minimum absolute atomic E-state index is 0.0275. The van der Waals surface area contributed by atoms with Crippen molar-refractivity contribution in [1.82, 2.24) is 0 Å². The van der Waals surface area contributed by atoms with Gasteiger partial charge < -0.3 is 10.6 Å². The third-order valence-electron chi connectivity index (χ3n) is 5.09. The van der Waals surface area contributed by atoms with Crippen LogP contribution in [-0.4, -0.2) is 17.2 Å². The molecule has 3 aliphatic carbocycles. The van der Waals surface area contributed by atoms with E-state index in [2.05, 4.69) is 5.16 Å². The van der Waals surface area contributed by atoms with Crippen molar-refractivity contribution >= 4 is 11.6 Å². The molecule has 0 aromatic carbocycles. The number of nitrogens with two attached hydrogens (primary N) is 1. The smallest absolute Gasteiger partial charge is 0.226 e. The summed E-state index contributed by atoms with van der Waals surface area (Å²) in [5, 5.41) is 4.40. The van der Waals surface area contributed by atoms with Gasteiger partial charge in [0.15, 0.2) is 0 Å². The normalized spacial score (nSPS) is 40.3. The van der Waals surface area contributed by atoms with E-state index < -0.39 is 0 Å². The van der Waals surface area contributed by atoms with Crippen LogP contribution in [-0.2, 0) is 9.63 Å². The lowest BCUT2D eigenvalue weighted by atomic mass is 9.97. The molecule has 0 aromatic rings. The monoisotopic (exact) mass is 264 g/mol. The van der Waals surface area contributed by atoms with E-state index in [0.29, 0.717) is 5.92 Å². The first-order chi connectivity index (χ1) is 9.21. The lowest BCUT2D eigenvalue weighted by molar-refractivity contribution is -0.120. The van der Waals surface area contributed by atoms with Crippen LogP contribution in [0.4, 0.5) is 0 Å². The summed E-state index contributed by atoms with van der Waals surface area (Å²) in [6.07, 6.45) is 11.2. The van der Waals surface area contributed by atoms with E-state index in [-0.39, 0.29) is 17.4 Å². The number of hydrogen-bond donors (Lipinski definition) is 1. The van der Waals surface area contributed by atoms with Gasteiger partial charge in [0, 0.05) is 5.92 Å². The van der Waals surface area contributed by atoms with Gasteiger partial charge in [-0.25, -0.2) is 0 Å². The van der Waals surface area contributed by atoms with Crippen molar-refractivity contribution in [2.24, 2.45) is 22.7 Å². The van der Waals surface area contributed by atoms with E-state index in [0.717, 1.165) is 50.7 Å². The second-order valence-corrected chi connectivity index (χ2v) is 6.44. The summed E-state index contributed by atoms with van der Waals surface area (Å²) in [6, 6.07) is 0. The number of primary amides is 1. The maximum Gasteiger partial charge on any atom is 0.226 e. The van der Waals surface area contributed by atoms with E-state index in [1.807, 2.05) is 0 Å². The first kappa shape index (κ1) is 12.9. The molecule has 0 bridgehead atoms. The van der Waals surface area contributed by atoms with Crippen LogP contribution in [0.5, 0.6) is 0 Å². The molecule has 3 saturated carbocycles. The molecule has 3 rings (SSSR count). The summed E-state index contributed by atoms with van der Waals surface area (Å²) in [5.74, 6) is 0.279. The summed E-state index contributed by atoms with van der Waals surface area (Å²) in [6.45, 7) is 0. The summed E-state index contributed by atoms with van der Waals surface area (Å²) in [7, 11) is 0. The molecule has 106 valence electrons. The predicted octanol–water partition coefficient (Wildman–Crippen LogP) is 2.76. The van der Waals surface area contributed by atoms with Gasteiger partial charge in [-0.05, 0) is 44.9 Å². The number of rotatable bonds is 3. The highest BCUT2D eigenvalue weighted by atomic mass is 16.7. The molecular weight excluding hydrogens is 240 g/mol. The molecule has 4 heteroatoms. The molecule has 0 spiro atoms. The highest BCUT2D eigenvalue weighted by Gasteiger charge is 2.58. The Balaban J connectivity index is 1.68. The van der Waals surface area contributed by atoms with Gasteiger partial charge in [0.1, 0.15) is 5.60 Å². The number of hydrogen-bond acceptors (Lipinski definition) is 3. The van der Waals surface area contributed by atoms with Gasteiger partial charge in [0.05, 0.1) is 11.6 Å². The summed E-state index contributed by atoms with van der Waals surface area (Å²) < 4.78 is 0. The third-order valence-corrected chi connectivity index (χ3v) is 5.09. The van der Waals surface area contributed by atoms with Gasteiger partial charge >= 0.3 is 0 Å². The highest BCUT2D eigenvalue weighted by Crippen LogP contribution is 2.56. The summed E-state index contributed by atoms with van der Waals surface area (Å²) in [5.41, 5.74) is 6.43.